The number of imidazole rings is 1. The highest BCUT2D eigenvalue weighted by molar-refractivity contribution is 6.31. The molecule has 0 saturated heterocycles. The number of pyridine rings is 1. The first kappa shape index (κ1) is 24.0. The van der Waals surface area contributed by atoms with Gasteiger partial charge in [0.15, 0.2) is 0 Å². The van der Waals surface area contributed by atoms with Gasteiger partial charge < -0.3 is 24.7 Å². The van der Waals surface area contributed by atoms with E-state index in [1.165, 1.54) is 12.8 Å². The van der Waals surface area contributed by atoms with Gasteiger partial charge in [0.1, 0.15) is 34.6 Å². The van der Waals surface area contributed by atoms with Crippen LogP contribution in [-0.4, -0.2) is 50.1 Å². The second-order valence-corrected chi connectivity index (χ2v) is 10.5. The molecule has 0 radical (unpaired) electrons. The van der Waals surface area contributed by atoms with Gasteiger partial charge in [-0.3, -0.25) is 0 Å². The number of para-hydroxylation sites is 1. The molecule has 37 heavy (non-hydrogen) atoms. The average molecular weight is 516 g/mol. The van der Waals surface area contributed by atoms with Crippen molar-refractivity contribution in [2.45, 2.75) is 43.7 Å². The summed E-state index contributed by atoms with van der Waals surface area (Å²) in [4.78, 5) is 18.7. The minimum absolute atomic E-state index is 0.401. The van der Waals surface area contributed by atoms with Gasteiger partial charge >= 0.3 is 0 Å². The fraction of sp³-hybridized carbons (Fsp3) is 0.310. The molecule has 7 nitrogen and oxygen atoms in total. The molecule has 0 amide bonds. The highest BCUT2D eigenvalue weighted by Gasteiger charge is 2.27. The standard InChI is InChI=1S/C29H30ClN5O2/c1-35(2)18-10-8-17(9-11-18)28-33-24-16-32-29-25(26(24)34-28)22(15-31-29)27(36)21-13-12-20(14-23(21)30)37-19-6-4-3-5-7-19/h3-7,12-18,27,36H,8-11H2,1-2H3,(H,31,32)(H,33,34). The number of hydrogen-bond donors (Lipinski definition) is 3. The van der Waals surface area contributed by atoms with Crippen LogP contribution in [0.3, 0.4) is 0 Å². The topological polar surface area (TPSA) is 90.1 Å². The lowest BCUT2D eigenvalue weighted by molar-refractivity contribution is 0.214. The van der Waals surface area contributed by atoms with Crippen molar-refractivity contribution in [1.29, 1.82) is 0 Å². The number of rotatable bonds is 6. The summed E-state index contributed by atoms with van der Waals surface area (Å²) >= 11 is 6.63. The molecule has 0 spiro atoms. The third-order valence-corrected chi connectivity index (χ3v) is 7.88. The van der Waals surface area contributed by atoms with Gasteiger partial charge in [-0.1, -0.05) is 35.9 Å². The van der Waals surface area contributed by atoms with Crippen molar-refractivity contribution in [3.05, 3.63) is 82.9 Å². The van der Waals surface area contributed by atoms with E-state index in [9.17, 15) is 5.11 Å². The number of nitrogens with one attached hydrogen (secondary N) is 2. The van der Waals surface area contributed by atoms with Crippen LogP contribution >= 0.6 is 11.6 Å². The van der Waals surface area contributed by atoms with Crippen LogP contribution in [0, 0.1) is 0 Å². The lowest BCUT2D eigenvalue weighted by Gasteiger charge is -2.31. The predicted octanol–water partition coefficient (Wildman–Crippen LogP) is 6.55. The van der Waals surface area contributed by atoms with E-state index in [0.29, 0.717) is 39.5 Å². The zero-order valence-corrected chi connectivity index (χ0v) is 21.7. The first-order valence-electron chi connectivity index (χ1n) is 12.7. The van der Waals surface area contributed by atoms with Crippen LogP contribution in [0.2, 0.25) is 5.02 Å². The van der Waals surface area contributed by atoms with Crippen LogP contribution < -0.4 is 4.74 Å². The van der Waals surface area contributed by atoms with E-state index < -0.39 is 6.10 Å². The lowest BCUT2D eigenvalue weighted by atomic mass is 9.85. The molecule has 190 valence electrons. The normalized spacial score (nSPS) is 19.1. The smallest absolute Gasteiger partial charge is 0.139 e. The van der Waals surface area contributed by atoms with E-state index in [1.807, 2.05) is 42.6 Å². The molecular weight excluding hydrogens is 486 g/mol. The number of ether oxygens (including phenoxy) is 1. The minimum Gasteiger partial charge on any atom is -0.457 e. The maximum absolute atomic E-state index is 11.4. The number of aliphatic hydroxyl groups is 1. The molecule has 5 aromatic rings. The molecule has 1 saturated carbocycles. The third-order valence-electron chi connectivity index (χ3n) is 7.55. The molecule has 3 heterocycles. The van der Waals surface area contributed by atoms with Gasteiger partial charge in [0, 0.05) is 29.3 Å². The fourth-order valence-electron chi connectivity index (χ4n) is 5.46. The highest BCUT2D eigenvalue weighted by atomic mass is 35.5. The SMILES string of the molecule is CN(C)C1CCC(c2nc3c(cnc4[nH]cc(C(O)c5ccc(Oc6ccccc6)cc5Cl)c43)[nH]2)CC1. The Balaban J connectivity index is 1.31. The maximum Gasteiger partial charge on any atom is 0.139 e. The van der Waals surface area contributed by atoms with Gasteiger partial charge in [-0.25, -0.2) is 9.97 Å². The molecule has 1 fully saturated rings. The Morgan fingerprint density at radius 3 is 2.54 bits per heavy atom. The summed E-state index contributed by atoms with van der Waals surface area (Å²) in [6.45, 7) is 0. The summed E-state index contributed by atoms with van der Waals surface area (Å²) in [5.74, 6) is 2.73. The Labute approximate surface area is 220 Å². The molecule has 1 aliphatic rings. The fourth-order valence-corrected chi connectivity index (χ4v) is 5.73. The van der Waals surface area contributed by atoms with Crippen molar-refractivity contribution in [2.75, 3.05) is 14.1 Å². The summed E-state index contributed by atoms with van der Waals surface area (Å²) in [5, 5.41) is 12.7. The predicted molar refractivity (Wildman–Crippen MR) is 146 cm³/mol. The van der Waals surface area contributed by atoms with E-state index in [1.54, 1.807) is 18.3 Å². The molecule has 3 N–H and O–H groups in total. The van der Waals surface area contributed by atoms with Crippen molar-refractivity contribution in [2.24, 2.45) is 0 Å². The van der Waals surface area contributed by atoms with Crippen LogP contribution in [0.15, 0.2) is 60.9 Å². The largest absolute Gasteiger partial charge is 0.457 e. The molecule has 8 heteroatoms. The van der Waals surface area contributed by atoms with Crippen molar-refractivity contribution in [1.82, 2.24) is 24.8 Å². The molecule has 1 atom stereocenters. The summed E-state index contributed by atoms with van der Waals surface area (Å²) in [6, 6.07) is 15.5. The summed E-state index contributed by atoms with van der Waals surface area (Å²) < 4.78 is 5.89. The van der Waals surface area contributed by atoms with Crippen molar-refractivity contribution in [3.63, 3.8) is 0 Å². The monoisotopic (exact) mass is 515 g/mol. The van der Waals surface area contributed by atoms with E-state index >= 15 is 0 Å². The molecule has 2 aromatic carbocycles. The van der Waals surface area contributed by atoms with E-state index in [4.69, 9.17) is 21.3 Å². The first-order chi connectivity index (χ1) is 18.0. The van der Waals surface area contributed by atoms with Crippen LogP contribution in [0.5, 0.6) is 11.5 Å². The molecular formula is C29H30ClN5O2. The number of H-pyrrole nitrogens is 2. The Bertz CT molecular complexity index is 1540. The second kappa shape index (κ2) is 9.82. The molecule has 1 aliphatic carbocycles. The Morgan fingerprint density at radius 1 is 1.03 bits per heavy atom. The van der Waals surface area contributed by atoms with Crippen LogP contribution in [0.25, 0.3) is 22.1 Å². The number of nitrogens with zero attached hydrogens (tertiary/aromatic N) is 3. The molecule has 0 bridgehead atoms. The van der Waals surface area contributed by atoms with Crippen LogP contribution in [-0.2, 0) is 0 Å². The van der Waals surface area contributed by atoms with Gasteiger partial charge in [0.25, 0.3) is 0 Å². The van der Waals surface area contributed by atoms with Gasteiger partial charge in [0.2, 0.25) is 0 Å². The third kappa shape index (κ3) is 4.59. The number of halogens is 1. The number of aromatic nitrogens is 4. The highest BCUT2D eigenvalue weighted by Crippen LogP contribution is 2.38. The number of benzene rings is 2. The Hall–Kier alpha value is -3.39. The Kier molecular flexibility index (Phi) is 6.36. The molecule has 3 aromatic heterocycles. The molecule has 0 aliphatic heterocycles. The van der Waals surface area contributed by atoms with Crippen LogP contribution in [0.1, 0.15) is 54.7 Å². The summed E-state index contributed by atoms with van der Waals surface area (Å²) in [7, 11) is 4.31. The second-order valence-electron chi connectivity index (χ2n) is 10.1. The number of aliphatic hydroxyl groups excluding tert-OH is 1. The number of hydrogen-bond acceptors (Lipinski definition) is 5. The number of aromatic amines is 2. The van der Waals surface area contributed by atoms with Gasteiger partial charge in [-0.15, -0.1) is 0 Å². The first-order valence-corrected chi connectivity index (χ1v) is 13.1. The minimum atomic E-state index is -0.949. The quantitative estimate of drug-likeness (QED) is 0.238. The van der Waals surface area contributed by atoms with Crippen LogP contribution in [0.4, 0.5) is 0 Å². The van der Waals surface area contributed by atoms with Crippen molar-refractivity contribution < 1.29 is 9.84 Å². The van der Waals surface area contributed by atoms with E-state index in [0.717, 1.165) is 40.8 Å². The van der Waals surface area contributed by atoms with Gasteiger partial charge in [-0.2, -0.15) is 0 Å². The zero-order chi connectivity index (χ0) is 25.5. The van der Waals surface area contributed by atoms with E-state index in [2.05, 4.69) is 33.9 Å². The van der Waals surface area contributed by atoms with E-state index in [-0.39, 0.29) is 0 Å². The van der Waals surface area contributed by atoms with Crippen molar-refractivity contribution in [3.8, 4) is 11.5 Å². The summed E-state index contributed by atoms with van der Waals surface area (Å²) in [6.07, 6.45) is 7.20. The Morgan fingerprint density at radius 2 is 1.81 bits per heavy atom. The van der Waals surface area contributed by atoms with Gasteiger partial charge in [-0.05, 0) is 64.0 Å². The average Bonchev–Trinajstić information content (AvgIpc) is 3.53. The maximum atomic E-state index is 11.4. The van der Waals surface area contributed by atoms with Gasteiger partial charge in [0.05, 0.1) is 22.1 Å². The number of fused-ring (bicyclic) bond motifs is 3. The summed E-state index contributed by atoms with van der Waals surface area (Å²) in [5.41, 5.74) is 3.68. The van der Waals surface area contributed by atoms with Crippen molar-refractivity contribution >= 4 is 33.7 Å². The zero-order valence-electron chi connectivity index (χ0n) is 20.9. The molecule has 1 unspecified atom stereocenters. The lowest BCUT2D eigenvalue weighted by Crippen LogP contribution is -2.31. The molecule has 6 rings (SSSR count).